The molecule has 5 rings (SSSR count). The van der Waals surface area contributed by atoms with Gasteiger partial charge in [-0.3, -0.25) is 9.59 Å². The maximum absolute atomic E-state index is 13.9. The topological polar surface area (TPSA) is 127 Å². The summed E-state index contributed by atoms with van der Waals surface area (Å²) >= 11 is 0. The van der Waals surface area contributed by atoms with Gasteiger partial charge in [-0.2, -0.15) is 0 Å². The minimum atomic E-state index is -0.666. The van der Waals surface area contributed by atoms with Crippen LogP contribution < -0.4 is 11.1 Å². The number of carbonyl (C=O) groups is 3. The zero-order chi connectivity index (χ0) is 30.3. The molecule has 2 heterocycles. The molecule has 0 radical (unpaired) electrons. The predicted molar refractivity (Wildman–Crippen MR) is 162 cm³/mol. The van der Waals surface area contributed by atoms with Crippen molar-refractivity contribution in [1.82, 2.24) is 9.88 Å². The van der Waals surface area contributed by atoms with E-state index in [1.54, 1.807) is 36.3 Å². The van der Waals surface area contributed by atoms with Gasteiger partial charge in [-0.05, 0) is 67.9 Å². The fourth-order valence-corrected chi connectivity index (χ4v) is 6.55. The van der Waals surface area contributed by atoms with Crippen LogP contribution in [0.1, 0.15) is 60.5 Å². The zero-order valence-corrected chi connectivity index (χ0v) is 24.6. The highest BCUT2D eigenvalue weighted by Gasteiger charge is 2.44. The second-order valence-electron chi connectivity index (χ2n) is 11.7. The van der Waals surface area contributed by atoms with Crippen molar-refractivity contribution in [3.05, 3.63) is 65.9 Å². The number of nitrogens with zero attached hydrogens (tertiary/aromatic N) is 1. The quantitative estimate of drug-likeness (QED) is 0.217. The first-order chi connectivity index (χ1) is 20.9. The number of rotatable bonds is 11. The van der Waals surface area contributed by atoms with Gasteiger partial charge in [0.05, 0.1) is 6.61 Å². The number of alkyl halides is 1. The molecular formula is C33H41FN4O5. The second kappa shape index (κ2) is 14.1. The molecule has 1 aliphatic carbocycles. The molecule has 2 aromatic carbocycles. The first-order valence-corrected chi connectivity index (χ1v) is 15.2. The third-order valence-electron chi connectivity index (χ3n) is 8.92. The van der Waals surface area contributed by atoms with E-state index in [4.69, 9.17) is 15.2 Å². The number of esters is 1. The molecule has 1 saturated heterocycles. The minimum Gasteiger partial charge on any atom is -0.461 e. The summed E-state index contributed by atoms with van der Waals surface area (Å²) in [7, 11) is 1.60. The van der Waals surface area contributed by atoms with Gasteiger partial charge in [0.15, 0.2) is 0 Å². The van der Waals surface area contributed by atoms with E-state index in [0.717, 1.165) is 16.5 Å². The fourth-order valence-electron chi connectivity index (χ4n) is 6.55. The number of hydrogen-bond donors (Lipinski definition) is 3. The number of carbonyl (C=O) groups excluding carboxylic acids is 3. The van der Waals surface area contributed by atoms with Crippen LogP contribution in [0.25, 0.3) is 10.9 Å². The maximum atomic E-state index is 13.9. The highest BCUT2D eigenvalue weighted by Crippen LogP contribution is 2.38. The van der Waals surface area contributed by atoms with Crippen LogP contribution in [-0.4, -0.2) is 73.3 Å². The molecule has 230 valence electrons. The Bertz CT molecular complexity index is 1400. The smallest absolute Gasteiger partial charge is 0.354 e. The summed E-state index contributed by atoms with van der Waals surface area (Å²) in [5.74, 6) is -0.968. The molecule has 9 nitrogen and oxygen atoms in total. The first-order valence-electron chi connectivity index (χ1n) is 15.2. The van der Waals surface area contributed by atoms with E-state index in [-0.39, 0.29) is 36.2 Å². The Kier molecular flexibility index (Phi) is 10.1. The molecule has 3 atom stereocenters. The number of amides is 2. The molecule has 3 aromatic rings. The van der Waals surface area contributed by atoms with Crippen molar-refractivity contribution in [2.45, 2.75) is 56.5 Å². The Hall–Kier alpha value is -3.76. The Balaban J connectivity index is 1.31. The minimum absolute atomic E-state index is 0.0133. The van der Waals surface area contributed by atoms with Gasteiger partial charge in [0, 0.05) is 61.2 Å². The number of likely N-dealkylation sites (tertiary alicyclic amines) is 1. The number of benzene rings is 2. The number of halogens is 1. The summed E-state index contributed by atoms with van der Waals surface area (Å²) in [4.78, 5) is 45.1. The number of methoxy groups -OCH3 is 1. The van der Waals surface area contributed by atoms with Crippen molar-refractivity contribution < 1.29 is 28.2 Å². The van der Waals surface area contributed by atoms with Gasteiger partial charge >= 0.3 is 5.97 Å². The van der Waals surface area contributed by atoms with Crippen LogP contribution in [0, 0.1) is 11.8 Å². The second-order valence-corrected chi connectivity index (χ2v) is 11.7. The molecule has 43 heavy (non-hydrogen) atoms. The van der Waals surface area contributed by atoms with Crippen LogP contribution in [-0.2, 0) is 19.1 Å². The van der Waals surface area contributed by atoms with Crippen molar-refractivity contribution in [1.29, 1.82) is 0 Å². The number of H-pyrrole nitrogens is 1. The fraction of sp³-hybridized carbons (Fsp3) is 0.485. The van der Waals surface area contributed by atoms with E-state index in [9.17, 15) is 18.8 Å². The van der Waals surface area contributed by atoms with Gasteiger partial charge in [-0.25, -0.2) is 9.18 Å². The van der Waals surface area contributed by atoms with Crippen LogP contribution >= 0.6 is 0 Å². The lowest BCUT2D eigenvalue weighted by Gasteiger charge is -2.35. The summed E-state index contributed by atoms with van der Waals surface area (Å²) < 4.78 is 23.4. The lowest BCUT2D eigenvalue weighted by atomic mass is 9.78. The van der Waals surface area contributed by atoms with Crippen molar-refractivity contribution in [3.8, 4) is 0 Å². The summed E-state index contributed by atoms with van der Waals surface area (Å²) in [5.41, 5.74) is 8.60. The van der Waals surface area contributed by atoms with Gasteiger partial charge in [-0.15, -0.1) is 0 Å². The van der Waals surface area contributed by atoms with Gasteiger partial charge in [-0.1, -0.05) is 30.3 Å². The van der Waals surface area contributed by atoms with Crippen LogP contribution in [0.5, 0.6) is 0 Å². The first kappa shape index (κ1) is 30.7. The van der Waals surface area contributed by atoms with E-state index >= 15 is 0 Å². The molecule has 1 aromatic heterocycles. The van der Waals surface area contributed by atoms with E-state index in [0.29, 0.717) is 63.1 Å². The van der Waals surface area contributed by atoms with Crippen LogP contribution in [0.15, 0.2) is 54.6 Å². The van der Waals surface area contributed by atoms with Crippen LogP contribution in [0.3, 0.4) is 0 Å². The van der Waals surface area contributed by atoms with E-state index in [1.807, 2.05) is 30.3 Å². The molecule has 10 heteroatoms. The normalized spacial score (nSPS) is 22.8. The average molecular weight is 593 g/mol. The number of fused-ring (bicyclic) bond motifs is 1. The Labute approximate surface area is 251 Å². The third kappa shape index (κ3) is 7.08. The number of nitrogens with two attached hydrogens (primary N) is 1. The molecular weight excluding hydrogens is 551 g/mol. The van der Waals surface area contributed by atoms with Crippen molar-refractivity contribution in [3.63, 3.8) is 0 Å². The lowest BCUT2D eigenvalue weighted by molar-refractivity contribution is -0.141. The number of aromatic amines is 1. The monoisotopic (exact) mass is 592 g/mol. The molecule has 1 aliphatic heterocycles. The molecule has 1 unspecified atom stereocenters. The molecule has 0 spiro atoms. The van der Waals surface area contributed by atoms with Gasteiger partial charge in [0.1, 0.15) is 18.4 Å². The van der Waals surface area contributed by atoms with Gasteiger partial charge in [0.25, 0.3) is 0 Å². The van der Waals surface area contributed by atoms with Crippen molar-refractivity contribution in [2.75, 3.05) is 38.9 Å². The lowest BCUT2D eigenvalue weighted by Crippen LogP contribution is -2.48. The summed E-state index contributed by atoms with van der Waals surface area (Å²) in [6.07, 6.45) is 4.03. The average Bonchev–Trinajstić information content (AvgIpc) is 3.68. The van der Waals surface area contributed by atoms with E-state index < -0.39 is 24.7 Å². The maximum Gasteiger partial charge on any atom is 0.354 e. The highest BCUT2D eigenvalue weighted by molar-refractivity contribution is 6.01. The molecule has 2 fully saturated rings. The van der Waals surface area contributed by atoms with Crippen molar-refractivity contribution >= 4 is 34.4 Å². The molecule has 1 saturated carbocycles. The summed E-state index contributed by atoms with van der Waals surface area (Å²) in [6.45, 7) is 0.710. The molecule has 2 amide bonds. The predicted octanol–water partition coefficient (Wildman–Crippen LogP) is 4.79. The van der Waals surface area contributed by atoms with Crippen LogP contribution in [0.4, 0.5) is 10.1 Å². The van der Waals surface area contributed by atoms with Gasteiger partial charge in [0.2, 0.25) is 11.8 Å². The molecule has 2 aliphatic rings. The summed E-state index contributed by atoms with van der Waals surface area (Å²) in [6, 6.07) is 15.8. The SMILES string of the molecule is COCCCOC(=O)c1cc2cc(NC(=O)[C@@H]3[C@@H](c4ccccc4)CCN3C(=O)C3CCC(C(N)CF)CC3)ccc2[nH]1. The standard InChI is InChI=1S/C33H41FN4O5/c1-42-16-5-17-43-33(41)29-19-24-18-25(12-13-28(24)37-29)36-31(39)30-26(21-6-3-2-4-7-21)14-15-38(30)32(40)23-10-8-22(9-11-23)27(35)20-34/h2-4,6-7,12-13,18-19,22-23,26-27,30,37H,5,8-11,14-17,20,35H2,1H3,(H,36,39)/t22?,23?,26-,27?,30+/m1/s1. The highest BCUT2D eigenvalue weighted by atomic mass is 19.1. The van der Waals surface area contributed by atoms with E-state index in [2.05, 4.69) is 10.3 Å². The number of aromatic nitrogens is 1. The number of anilines is 1. The number of nitrogens with one attached hydrogen (secondary N) is 2. The Morgan fingerprint density at radius 1 is 1.05 bits per heavy atom. The molecule has 0 bridgehead atoms. The largest absolute Gasteiger partial charge is 0.461 e. The Morgan fingerprint density at radius 3 is 2.53 bits per heavy atom. The van der Waals surface area contributed by atoms with Crippen LogP contribution in [0.2, 0.25) is 0 Å². The third-order valence-corrected chi connectivity index (χ3v) is 8.92. The zero-order valence-electron chi connectivity index (χ0n) is 24.6. The van der Waals surface area contributed by atoms with Crippen molar-refractivity contribution in [2.24, 2.45) is 17.6 Å². The summed E-state index contributed by atoms with van der Waals surface area (Å²) in [5, 5.41) is 3.80. The van der Waals surface area contributed by atoms with E-state index in [1.165, 1.54) is 0 Å². The van der Waals surface area contributed by atoms with Gasteiger partial charge < -0.3 is 30.4 Å². The molecule has 4 N–H and O–H groups in total. The number of hydrogen-bond acceptors (Lipinski definition) is 6. The number of ether oxygens (including phenoxy) is 2. The Morgan fingerprint density at radius 2 is 1.81 bits per heavy atom.